The topological polar surface area (TPSA) is 64.1 Å². The summed E-state index contributed by atoms with van der Waals surface area (Å²) in [6, 6.07) is 10.1. The van der Waals surface area contributed by atoms with Gasteiger partial charge in [0, 0.05) is 5.56 Å². The number of hydrogen-bond acceptors (Lipinski definition) is 5. The third-order valence-corrected chi connectivity index (χ3v) is 4.65. The van der Waals surface area contributed by atoms with Gasteiger partial charge in [0.15, 0.2) is 11.5 Å². The lowest BCUT2D eigenvalue weighted by Crippen LogP contribution is -2.16. The highest BCUT2D eigenvalue weighted by Crippen LogP contribution is 2.30. The number of aromatic nitrogens is 3. The molecule has 2 aromatic carbocycles. The zero-order valence-corrected chi connectivity index (χ0v) is 17.0. The number of nitrogens with one attached hydrogen (secondary N) is 2. The second-order valence-corrected chi connectivity index (χ2v) is 6.74. The van der Waals surface area contributed by atoms with Gasteiger partial charge in [-0.1, -0.05) is 23.7 Å². The Hall–Kier alpha value is -2.58. The molecule has 0 aliphatic heterocycles. The molecule has 0 aliphatic rings. The summed E-state index contributed by atoms with van der Waals surface area (Å²) < 4.78 is 27.6. The van der Waals surface area contributed by atoms with Gasteiger partial charge in [0.2, 0.25) is 4.77 Å². The lowest BCUT2D eigenvalue weighted by Gasteiger charge is -2.15. The van der Waals surface area contributed by atoms with Crippen molar-refractivity contribution in [3.05, 3.63) is 69.0 Å². The number of aromatic amines is 1. The van der Waals surface area contributed by atoms with Crippen LogP contribution in [0.3, 0.4) is 0 Å². The van der Waals surface area contributed by atoms with Gasteiger partial charge in [0.25, 0.3) is 0 Å². The summed E-state index contributed by atoms with van der Waals surface area (Å²) in [5, 5.41) is 7.10. The Morgan fingerprint density at radius 1 is 1.25 bits per heavy atom. The van der Waals surface area contributed by atoms with Crippen LogP contribution < -0.4 is 14.9 Å². The van der Waals surface area contributed by atoms with Crippen molar-refractivity contribution in [2.24, 2.45) is 0 Å². The molecule has 0 saturated carbocycles. The van der Waals surface area contributed by atoms with Crippen molar-refractivity contribution in [3.63, 3.8) is 0 Å². The van der Waals surface area contributed by atoms with E-state index in [-0.39, 0.29) is 6.61 Å². The Morgan fingerprint density at radius 2 is 2.07 bits per heavy atom. The van der Waals surface area contributed by atoms with Gasteiger partial charge >= 0.3 is 0 Å². The molecule has 0 aliphatic carbocycles. The van der Waals surface area contributed by atoms with Crippen LogP contribution in [-0.2, 0) is 13.2 Å². The first-order chi connectivity index (χ1) is 13.5. The van der Waals surface area contributed by atoms with Crippen LogP contribution in [0.5, 0.6) is 11.5 Å². The van der Waals surface area contributed by atoms with E-state index in [0.717, 1.165) is 11.4 Å². The zero-order valence-electron chi connectivity index (χ0n) is 15.5. The highest BCUT2D eigenvalue weighted by molar-refractivity contribution is 7.71. The minimum absolute atomic E-state index is 0.00650. The van der Waals surface area contributed by atoms with Gasteiger partial charge in [-0.2, -0.15) is 5.10 Å². The molecule has 2 N–H and O–H groups in total. The molecule has 0 amide bonds. The number of H-pyrrole nitrogens is 1. The molecule has 1 heterocycles. The Bertz CT molecular complexity index is 1000. The van der Waals surface area contributed by atoms with Gasteiger partial charge in [0.1, 0.15) is 18.2 Å². The minimum Gasteiger partial charge on any atom is -0.490 e. The molecule has 148 valence electrons. The average Bonchev–Trinajstić information content (AvgIpc) is 2.99. The molecule has 0 unspecified atom stereocenters. The second-order valence-electron chi connectivity index (χ2n) is 5.95. The molecule has 0 spiro atoms. The van der Waals surface area contributed by atoms with Crippen molar-refractivity contribution in [1.82, 2.24) is 14.9 Å². The second kappa shape index (κ2) is 9.07. The molecule has 0 bridgehead atoms. The zero-order chi connectivity index (χ0) is 20.1. The van der Waals surface area contributed by atoms with E-state index in [1.807, 2.05) is 26.0 Å². The highest BCUT2D eigenvalue weighted by atomic mass is 35.5. The number of benzene rings is 2. The molecule has 3 aromatic rings. The van der Waals surface area contributed by atoms with E-state index in [2.05, 4.69) is 15.6 Å². The number of aryl methyl sites for hydroxylation is 1. The fourth-order valence-corrected chi connectivity index (χ4v) is 3.06. The smallest absolute Gasteiger partial charge is 0.214 e. The van der Waals surface area contributed by atoms with Crippen molar-refractivity contribution in [2.45, 2.75) is 27.0 Å². The molecule has 1 aromatic heterocycles. The van der Waals surface area contributed by atoms with Crippen molar-refractivity contribution in [1.29, 1.82) is 0 Å². The predicted octanol–water partition coefficient (Wildman–Crippen LogP) is 4.76. The lowest BCUT2D eigenvalue weighted by atomic mass is 10.2. The van der Waals surface area contributed by atoms with Crippen molar-refractivity contribution < 1.29 is 13.9 Å². The quantitative estimate of drug-likeness (QED) is 0.512. The summed E-state index contributed by atoms with van der Waals surface area (Å²) in [6.45, 7) is 4.71. The number of rotatable bonds is 8. The normalized spacial score (nSPS) is 10.7. The van der Waals surface area contributed by atoms with Crippen molar-refractivity contribution in [2.75, 3.05) is 12.0 Å². The Kier molecular flexibility index (Phi) is 6.53. The monoisotopic (exact) mass is 422 g/mol. The largest absolute Gasteiger partial charge is 0.490 e. The molecule has 6 nitrogen and oxygen atoms in total. The van der Waals surface area contributed by atoms with Gasteiger partial charge in [-0.3, -0.25) is 5.10 Å². The number of ether oxygens (including phenoxy) is 2. The summed E-state index contributed by atoms with van der Waals surface area (Å²) in [5.41, 5.74) is 4.46. The average molecular weight is 423 g/mol. The van der Waals surface area contributed by atoms with E-state index in [0.29, 0.717) is 40.0 Å². The van der Waals surface area contributed by atoms with Crippen LogP contribution in [0, 0.1) is 17.5 Å². The van der Waals surface area contributed by atoms with Gasteiger partial charge in [-0.25, -0.2) is 9.07 Å². The van der Waals surface area contributed by atoms with E-state index in [9.17, 15) is 4.39 Å². The SMILES string of the molecule is CCOc1cc(CNn2c(C)n[nH]c2=S)ccc1OCc1c(F)cccc1Cl. The highest BCUT2D eigenvalue weighted by Gasteiger charge is 2.11. The first-order valence-corrected chi connectivity index (χ1v) is 9.47. The fourth-order valence-electron chi connectivity index (χ4n) is 2.60. The molecule has 0 fully saturated rings. The molecule has 28 heavy (non-hydrogen) atoms. The first kappa shape index (κ1) is 20.2. The minimum atomic E-state index is -0.404. The lowest BCUT2D eigenvalue weighted by molar-refractivity contribution is 0.265. The molecular formula is C19H20ClFN4O2S. The van der Waals surface area contributed by atoms with E-state index in [4.69, 9.17) is 33.3 Å². The number of halogens is 2. The molecule has 0 atom stereocenters. The van der Waals surface area contributed by atoms with Gasteiger partial charge in [-0.15, -0.1) is 0 Å². The van der Waals surface area contributed by atoms with Crippen LogP contribution in [0.15, 0.2) is 36.4 Å². The van der Waals surface area contributed by atoms with Crippen LogP contribution in [0.25, 0.3) is 0 Å². The van der Waals surface area contributed by atoms with Gasteiger partial charge < -0.3 is 14.9 Å². The molecular weight excluding hydrogens is 403 g/mol. The van der Waals surface area contributed by atoms with E-state index in [1.54, 1.807) is 22.9 Å². The van der Waals surface area contributed by atoms with Crippen LogP contribution in [0.1, 0.15) is 23.9 Å². The molecule has 9 heteroatoms. The van der Waals surface area contributed by atoms with Gasteiger partial charge in [-0.05, 0) is 55.9 Å². The maximum atomic E-state index is 13.9. The van der Waals surface area contributed by atoms with E-state index in [1.165, 1.54) is 6.07 Å². The summed E-state index contributed by atoms with van der Waals surface area (Å²) in [5.74, 6) is 1.41. The van der Waals surface area contributed by atoms with Crippen LogP contribution in [0.4, 0.5) is 4.39 Å². The Balaban J connectivity index is 1.74. The first-order valence-electron chi connectivity index (χ1n) is 8.69. The maximum Gasteiger partial charge on any atom is 0.214 e. The van der Waals surface area contributed by atoms with Crippen molar-refractivity contribution in [3.8, 4) is 11.5 Å². The van der Waals surface area contributed by atoms with Crippen molar-refractivity contribution >= 4 is 23.8 Å². The van der Waals surface area contributed by atoms with Crippen LogP contribution in [-0.4, -0.2) is 21.5 Å². The van der Waals surface area contributed by atoms with E-state index >= 15 is 0 Å². The van der Waals surface area contributed by atoms with E-state index < -0.39 is 5.82 Å². The standard InChI is InChI=1S/C19H20ClFN4O2S/c1-3-26-18-9-13(10-22-25-12(2)23-24-19(25)28)7-8-17(18)27-11-14-15(20)5-4-6-16(14)21/h4-9,22H,3,10-11H2,1-2H3,(H,24,28). The molecule has 0 radical (unpaired) electrons. The third-order valence-electron chi connectivity index (χ3n) is 4.02. The van der Waals surface area contributed by atoms with Crippen LogP contribution >= 0.6 is 23.8 Å². The summed E-state index contributed by atoms with van der Waals surface area (Å²) in [6.07, 6.45) is 0. The summed E-state index contributed by atoms with van der Waals surface area (Å²) in [7, 11) is 0. The molecule has 0 saturated heterocycles. The Labute approximate surface area is 172 Å². The van der Waals surface area contributed by atoms with Gasteiger partial charge in [0.05, 0.1) is 18.2 Å². The summed E-state index contributed by atoms with van der Waals surface area (Å²) in [4.78, 5) is 0. The maximum absolute atomic E-state index is 13.9. The number of hydrogen-bond donors (Lipinski definition) is 2. The Morgan fingerprint density at radius 3 is 2.75 bits per heavy atom. The fraction of sp³-hybridized carbons (Fsp3) is 0.263. The number of nitrogens with zero attached hydrogens (tertiary/aromatic N) is 2. The summed E-state index contributed by atoms with van der Waals surface area (Å²) >= 11 is 11.2. The predicted molar refractivity (Wildman–Crippen MR) is 109 cm³/mol. The molecule has 3 rings (SSSR count). The third kappa shape index (κ3) is 4.63. The van der Waals surface area contributed by atoms with Crippen LogP contribution in [0.2, 0.25) is 5.02 Å².